The van der Waals surface area contributed by atoms with Crippen molar-refractivity contribution in [2.45, 2.75) is 47.0 Å². The first-order valence-corrected chi connectivity index (χ1v) is 5.30. The van der Waals surface area contributed by atoms with E-state index >= 15 is 0 Å². The fourth-order valence-electron chi connectivity index (χ4n) is 1.28. The molecule has 0 spiro atoms. The van der Waals surface area contributed by atoms with Crippen molar-refractivity contribution in [2.75, 3.05) is 13.2 Å². The van der Waals surface area contributed by atoms with Gasteiger partial charge in [0.15, 0.2) is 0 Å². The van der Waals surface area contributed by atoms with Crippen molar-refractivity contribution in [2.24, 2.45) is 11.8 Å². The summed E-state index contributed by atoms with van der Waals surface area (Å²) in [6.07, 6.45) is 4.02. The van der Waals surface area contributed by atoms with E-state index in [-0.39, 0.29) is 0 Å². The monoisotopic (exact) mass is 172 g/mol. The molecule has 0 unspecified atom stereocenters. The lowest BCUT2D eigenvalue weighted by Gasteiger charge is -2.19. The van der Waals surface area contributed by atoms with Crippen LogP contribution in [0.4, 0.5) is 0 Å². The molecular weight excluding hydrogens is 148 g/mol. The van der Waals surface area contributed by atoms with E-state index in [1.165, 1.54) is 19.3 Å². The Morgan fingerprint density at radius 3 is 2.25 bits per heavy atom. The van der Waals surface area contributed by atoms with E-state index in [0.29, 0.717) is 0 Å². The van der Waals surface area contributed by atoms with Gasteiger partial charge in [-0.1, -0.05) is 40.0 Å². The van der Waals surface area contributed by atoms with Gasteiger partial charge < -0.3 is 4.74 Å². The zero-order valence-corrected chi connectivity index (χ0v) is 9.10. The Morgan fingerprint density at radius 2 is 1.75 bits per heavy atom. The molecule has 0 fully saturated rings. The molecule has 0 radical (unpaired) electrons. The Kier molecular flexibility index (Phi) is 7.58. The van der Waals surface area contributed by atoms with Crippen molar-refractivity contribution >= 4 is 0 Å². The van der Waals surface area contributed by atoms with E-state index in [9.17, 15) is 0 Å². The smallest absolute Gasteiger partial charge is 0.0494 e. The molecule has 0 aromatic rings. The Balaban J connectivity index is 3.39. The molecule has 0 rings (SSSR count). The topological polar surface area (TPSA) is 9.23 Å². The summed E-state index contributed by atoms with van der Waals surface area (Å²) < 4.78 is 5.40. The van der Waals surface area contributed by atoms with Crippen LogP contribution in [0.1, 0.15) is 47.0 Å². The lowest BCUT2D eigenvalue weighted by Crippen LogP contribution is -2.14. The first-order valence-electron chi connectivity index (χ1n) is 5.30. The lowest BCUT2D eigenvalue weighted by molar-refractivity contribution is 0.0942. The highest BCUT2D eigenvalue weighted by Crippen LogP contribution is 2.17. The summed E-state index contributed by atoms with van der Waals surface area (Å²) in [7, 11) is 0. The van der Waals surface area contributed by atoms with E-state index in [2.05, 4.69) is 27.7 Å². The predicted molar refractivity (Wildman–Crippen MR) is 54.3 cm³/mol. The molecule has 0 aromatic heterocycles. The Hall–Kier alpha value is -0.0400. The summed E-state index contributed by atoms with van der Waals surface area (Å²) in [6, 6.07) is 0. The zero-order chi connectivity index (χ0) is 9.40. The van der Waals surface area contributed by atoms with Crippen molar-refractivity contribution in [3.63, 3.8) is 0 Å². The van der Waals surface area contributed by atoms with Crippen LogP contribution in [0.5, 0.6) is 0 Å². The van der Waals surface area contributed by atoms with Crippen LogP contribution >= 0.6 is 0 Å². The van der Waals surface area contributed by atoms with Gasteiger partial charge in [0.2, 0.25) is 0 Å². The fraction of sp³-hybridized carbons (Fsp3) is 1.00. The van der Waals surface area contributed by atoms with Gasteiger partial charge in [0.25, 0.3) is 0 Å². The fourth-order valence-corrected chi connectivity index (χ4v) is 1.28. The highest BCUT2D eigenvalue weighted by molar-refractivity contribution is 4.60. The lowest BCUT2D eigenvalue weighted by atomic mass is 9.92. The van der Waals surface area contributed by atoms with Gasteiger partial charge in [-0.25, -0.2) is 0 Å². The number of rotatable bonds is 7. The van der Waals surface area contributed by atoms with Crippen molar-refractivity contribution in [1.82, 2.24) is 0 Å². The number of hydrogen-bond acceptors (Lipinski definition) is 1. The molecule has 0 aliphatic heterocycles. The number of hydrogen-bond donors (Lipinski definition) is 0. The second kappa shape index (κ2) is 7.60. The molecule has 0 saturated carbocycles. The summed E-state index contributed by atoms with van der Waals surface area (Å²) in [5.41, 5.74) is 0. The molecule has 2 atom stereocenters. The van der Waals surface area contributed by atoms with E-state index < -0.39 is 0 Å². The normalized spacial score (nSPS) is 16.0. The maximum Gasteiger partial charge on any atom is 0.0494 e. The minimum atomic E-state index is 0.719. The second-order valence-electron chi connectivity index (χ2n) is 3.76. The summed E-state index contributed by atoms with van der Waals surface area (Å²) >= 11 is 0. The maximum absolute atomic E-state index is 5.40. The van der Waals surface area contributed by atoms with Crippen LogP contribution in [0.3, 0.4) is 0 Å². The zero-order valence-electron chi connectivity index (χ0n) is 9.10. The quantitative estimate of drug-likeness (QED) is 0.571. The third-order valence-electron chi connectivity index (χ3n) is 2.57. The molecule has 74 valence electrons. The minimum Gasteiger partial charge on any atom is -0.381 e. The molecule has 12 heavy (non-hydrogen) atoms. The molecule has 0 bridgehead atoms. The average Bonchev–Trinajstić information content (AvgIpc) is 2.10. The maximum atomic E-state index is 5.40. The first-order chi connectivity index (χ1) is 5.72. The number of unbranched alkanes of at least 4 members (excludes halogenated alkanes) is 1. The molecule has 0 N–H and O–H groups in total. The van der Waals surface area contributed by atoms with Gasteiger partial charge in [-0.3, -0.25) is 0 Å². The Morgan fingerprint density at radius 1 is 1.08 bits per heavy atom. The highest BCUT2D eigenvalue weighted by atomic mass is 16.5. The molecule has 0 saturated heterocycles. The molecule has 0 amide bonds. The molecule has 0 aliphatic rings. The average molecular weight is 172 g/mol. The van der Waals surface area contributed by atoms with Crippen LogP contribution in [-0.4, -0.2) is 13.2 Å². The van der Waals surface area contributed by atoms with Gasteiger partial charge >= 0.3 is 0 Å². The van der Waals surface area contributed by atoms with Gasteiger partial charge in [0, 0.05) is 13.2 Å². The second-order valence-corrected chi connectivity index (χ2v) is 3.76. The Bertz CT molecular complexity index is 79.0. The van der Waals surface area contributed by atoms with Crippen LogP contribution in [0.25, 0.3) is 0 Å². The molecule has 0 aliphatic carbocycles. The van der Waals surface area contributed by atoms with Gasteiger partial charge in [0.05, 0.1) is 0 Å². The van der Waals surface area contributed by atoms with E-state index in [1.807, 2.05) is 0 Å². The van der Waals surface area contributed by atoms with Crippen molar-refractivity contribution in [3.8, 4) is 0 Å². The summed E-state index contributed by atoms with van der Waals surface area (Å²) in [4.78, 5) is 0. The molecule has 1 nitrogen and oxygen atoms in total. The molecule has 0 aromatic carbocycles. The van der Waals surface area contributed by atoms with Gasteiger partial charge in [-0.15, -0.1) is 0 Å². The third-order valence-corrected chi connectivity index (χ3v) is 2.57. The summed E-state index contributed by atoms with van der Waals surface area (Å²) in [6.45, 7) is 10.7. The van der Waals surface area contributed by atoms with Crippen LogP contribution in [0.2, 0.25) is 0 Å². The third kappa shape index (κ3) is 5.59. The SMILES string of the molecule is CCCC[C@H](C)[C@@H](C)COCC. The van der Waals surface area contributed by atoms with Gasteiger partial charge in [0.1, 0.15) is 0 Å². The molecule has 0 heterocycles. The largest absolute Gasteiger partial charge is 0.381 e. The van der Waals surface area contributed by atoms with E-state index in [0.717, 1.165) is 25.0 Å². The Labute approximate surface area is 77.5 Å². The van der Waals surface area contributed by atoms with Crippen molar-refractivity contribution in [1.29, 1.82) is 0 Å². The first kappa shape index (κ1) is 12.0. The molecule has 1 heteroatoms. The van der Waals surface area contributed by atoms with Crippen LogP contribution < -0.4 is 0 Å². The molecular formula is C11H24O. The van der Waals surface area contributed by atoms with Crippen molar-refractivity contribution in [3.05, 3.63) is 0 Å². The number of ether oxygens (including phenoxy) is 1. The van der Waals surface area contributed by atoms with Crippen LogP contribution in [-0.2, 0) is 4.74 Å². The van der Waals surface area contributed by atoms with Gasteiger partial charge in [-0.05, 0) is 18.8 Å². The van der Waals surface area contributed by atoms with Crippen LogP contribution in [0, 0.1) is 11.8 Å². The van der Waals surface area contributed by atoms with E-state index in [4.69, 9.17) is 4.74 Å². The minimum absolute atomic E-state index is 0.719. The predicted octanol–water partition coefficient (Wildman–Crippen LogP) is 3.49. The van der Waals surface area contributed by atoms with Crippen molar-refractivity contribution < 1.29 is 4.74 Å². The highest BCUT2D eigenvalue weighted by Gasteiger charge is 2.10. The summed E-state index contributed by atoms with van der Waals surface area (Å²) in [5, 5.41) is 0. The van der Waals surface area contributed by atoms with Crippen LogP contribution in [0.15, 0.2) is 0 Å². The van der Waals surface area contributed by atoms with E-state index in [1.54, 1.807) is 0 Å². The summed E-state index contributed by atoms with van der Waals surface area (Å²) in [5.74, 6) is 1.54. The standard InChI is InChI=1S/C11H24O/c1-5-7-8-10(3)11(4)9-12-6-2/h10-11H,5-9H2,1-4H3/t10-,11-/m0/s1. The van der Waals surface area contributed by atoms with Gasteiger partial charge in [-0.2, -0.15) is 0 Å².